The van der Waals surface area contributed by atoms with Crippen LogP contribution in [-0.4, -0.2) is 9.78 Å². The van der Waals surface area contributed by atoms with Crippen LogP contribution in [0.5, 0.6) is 0 Å². The lowest BCUT2D eigenvalue weighted by Crippen LogP contribution is -2.01. The van der Waals surface area contributed by atoms with Gasteiger partial charge in [0, 0.05) is 29.4 Å². The first kappa shape index (κ1) is 14.2. The fourth-order valence-corrected chi connectivity index (χ4v) is 2.95. The molecule has 4 heteroatoms. The molecule has 3 nitrogen and oxygen atoms in total. The Labute approximate surface area is 119 Å². The van der Waals surface area contributed by atoms with Gasteiger partial charge in [-0.3, -0.25) is 4.68 Å². The quantitative estimate of drug-likeness (QED) is 0.823. The number of nitrogens with zero attached hydrogens (tertiary/aromatic N) is 2. The molecular weight excluding hydrogens is 254 g/mol. The summed E-state index contributed by atoms with van der Waals surface area (Å²) in [4.78, 5) is 1.27. The molecule has 0 spiro atoms. The minimum atomic E-state index is 0.598. The smallest absolute Gasteiger partial charge is 0.0625 e. The van der Waals surface area contributed by atoms with Crippen molar-refractivity contribution in [1.82, 2.24) is 9.78 Å². The Bertz CT molecular complexity index is 534. The maximum atomic E-state index is 5.67. The van der Waals surface area contributed by atoms with E-state index in [0.717, 1.165) is 18.7 Å². The van der Waals surface area contributed by atoms with E-state index >= 15 is 0 Å². The first-order valence-electron chi connectivity index (χ1n) is 6.74. The molecule has 0 saturated carbocycles. The number of thioether (sulfide) groups is 1. The molecule has 2 aromatic rings. The molecule has 1 aromatic carbocycles. The van der Waals surface area contributed by atoms with Gasteiger partial charge >= 0.3 is 0 Å². The summed E-state index contributed by atoms with van der Waals surface area (Å²) in [6, 6.07) is 10.6. The van der Waals surface area contributed by atoms with Gasteiger partial charge in [0.05, 0.1) is 5.69 Å². The highest BCUT2D eigenvalue weighted by atomic mass is 32.2. The van der Waals surface area contributed by atoms with E-state index in [-0.39, 0.29) is 0 Å². The Hall–Kier alpha value is -1.26. The highest BCUT2D eigenvalue weighted by molar-refractivity contribution is 7.98. The van der Waals surface area contributed by atoms with Gasteiger partial charge in [0.2, 0.25) is 0 Å². The summed E-state index contributed by atoms with van der Waals surface area (Å²) in [5.41, 5.74) is 9.32. The lowest BCUT2D eigenvalue weighted by atomic mass is 10.2. The molecule has 0 saturated heterocycles. The van der Waals surface area contributed by atoms with Crippen LogP contribution < -0.4 is 5.73 Å². The van der Waals surface area contributed by atoms with E-state index in [1.54, 1.807) is 0 Å². The third kappa shape index (κ3) is 3.61. The lowest BCUT2D eigenvalue weighted by molar-refractivity contribution is 0.628. The van der Waals surface area contributed by atoms with Crippen molar-refractivity contribution in [2.45, 2.75) is 44.0 Å². The first-order chi connectivity index (χ1) is 9.26. The normalized spacial score (nSPS) is 10.9. The van der Waals surface area contributed by atoms with E-state index in [1.807, 2.05) is 11.8 Å². The molecule has 0 fully saturated rings. The Kier molecular flexibility index (Phi) is 5.05. The molecular formula is C15H21N3S. The molecule has 0 unspecified atom stereocenters. The van der Waals surface area contributed by atoms with Gasteiger partial charge in [-0.1, -0.05) is 19.1 Å². The van der Waals surface area contributed by atoms with Crippen molar-refractivity contribution in [3.8, 4) is 0 Å². The summed E-state index contributed by atoms with van der Waals surface area (Å²) in [5.74, 6) is 0.953. The van der Waals surface area contributed by atoms with Crippen molar-refractivity contribution in [3.05, 3.63) is 47.3 Å². The monoisotopic (exact) mass is 275 g/mol. The van der Waals surface area contributed by atoms with Crippen molar-refractivity contribution in [2.24, 2.45) is 5.73 Å². The number of aromatic nitrogens is 2. The maximum absolute atomic E-state index is 5.67. The summed E-state index contributed by atoms with van der Waals surface area (Å²) >= 11 is 1.84. The molecule has 1 aromatic heterocycles. The number of hydrogen-bond donors (Lipinski definition) is 1. The molecule has 0 aliphatic rings. The fourth-order valence-electron chi connectivity index (χ4n) is 2.00. The van der Waals surface area contributed by atoms with Crippen LogP contribution in [0.1, 0.15) is 30.8 Å². The van der Waals surface area contributed by atoms with Crippen LogP contribution in [0.4, 0.5) is 0 Å². The maximum Gasteiger partial charge on any atom is 0.0625 e. The minimum absolute atomic E-state index is 0.598. The topological polar surface area (TPSA) is 43.8 Å². The molecule has 2 N–H and O–H groups in total. The van der Waals surface area contributed by atoms with E-state index in [1.165, 1.54) is 21.8 Å². The second-order valence-corrected chi connectivity index (χ2v) is 5.49. The summed E-state index contributed by atoms with van der Waals surface area (Å²) in [5, 5.41) is 4.58. The van der Waals surface area contributed by atoms with E-state index in [0.29, 0.717) is 6.54 Å². The zero-order valence-corrected chi connectivity index (χ0v) is 12.4. The van der Waals surface area contributed by atoms with Gasteiger partial charge in [-0.05, 0) is 37.1 Å². The van der Waals surface area contributed by atoms with Crippen LogP contribution in [0, 0.1) is 0 Å². The van der Waals surface area contributed by atoms with E-state index in [4.69, 9.17) is 5.73 Å². The van der Waals surface area contributed by atoms with Crippen LogP contribution in [0.3, 0.4) is 0 Å². The second-order valence-electron chi connectivity index (χ2n) is 4.44. The summed E-state index contributed by atoms with van der Waals surface area (Å²) in [6.07, 6.45) is 0.993. The minimum Gasteiger partial charge on any atom is -0.326 e. The molecule has 0 atom stereocenters. The van der Waals surface area contributed by atoms with E-state index < -0.39 is 0 Å². The average molecular weight is 275 g/mol. The van der Waals surface area contributed by atoms with Crippen LogP contribution in [-0.2, 0) is 25.3 Å². The molecule has 1 heterocycles. The van der Waals surface area contributed by atoms with E-state index in [2.05, 4.69) is 54.0 Å². The number of benzene rings is 1. The lowest BCUT2D eigenvalue weighted by Gasteiger charge is -2.05. The van der Waals surface area contributed by atoms with E-state index in [9.17, 15) is 0 Å². The van der Waals surface area contributed by atoms with Crippen LogP contribution in [0.15, 0.2) is 35.2 Å². The van der Waals surface area contributed by atoms with Crippen LogP contribution in [0.25, 0.3) is 0 Å². The zero-order valence-electron chi connectivity index (χ0n) is 11.6. The van der Waals surface area contributed by atoms with Crippen molar-refractivity contribution in [2.75, 3.05) is 0 Å². The van der Waals surface area contributed by atoms with Gasteiger partial charge in [0.1, 0.15) is 0 Å². The third-order valence-electron chi connectivity index (χ3n) is 3.10. The predicted molar refractivity (Wildman–Crippen MR) is 81.2 cm³/mol. The summed E-state index contributed by atoms with van der Waals surface area (Å²) in [6.45, 7) is 5.81. The Morgan fingerprint density at radius 3 is 2.79 bits per heavy atom. The van der Waals surface area contributed by atoms with Crippen molar-refractivity contribution in [3.63, 3.8) is 0 Å². The van der Waals surface area contributed by atoms with Crippen molar-refractivity contribution < 1.29 is 0 Å². The van der Waals surface area contributed by atoms with Crippen molar-refractivity contribution >= 4 is 11.8 Å². The molecule has 0 radical (unpaired) electrons. The number of nitrogens with two attached hydrogens (primary N) is 1. The van der Waals surface area contributed by atoms with Crippen molar-refractivity contribution in [1.29, 1.82) is 0 Å². The third-order valence-corrected chi connectivity index (χ3v) is 4.12. The number of aryl methyl sites for hydroxylation is 2. The van der Waals surface area contributed by atoms with Gasteiger partial charge in [-0.2, -0.15) is 5.10 Å². The fraction of sp³-hybridized carbons (Fsp3) is 0.400. The number of hydrogen-bond acceptors (Lipinski definition) is 3. The Morgan fingerprint density at radius 2 is 2.11 bits per heavy atom. The van der Waals surface area contributed by atoms with Crippen LogP contribution >= 0.6 is 11.8 Å². The standard InChI is InChI=1S/C15H21N3S/c1-3-13-9-14(18(4-2)17-13)11-19-15-7-5-6-12(8-15)10-16/h5-9H,3-4,10-11,16H2,1-2H3. The Balaban J connectivity index is 2.07. The van der Waals surface area contributed by atoms with Gasteiger partial charge in [0.15, 0.2) is 0 Å². The first-order valence-corrected chi connectivity index (χ1v) is 7.72. The highest BCUT2D eigenvalue weighted by Gasteiger charge is 2.06. The predicted octanol–water partition coefficient (Wildman–Crippen LogP) is 3.22. The average Bonchev–Trinajstić information content (AvgIpc) is 2.87. The zero-order chi connectivity index (χ0) is 13.7. The van der Waals surface area contributed by atoms with Gasteiger partial charge in [0.25, 0.3) is 0 Å². The highest BCUT2D eigenvalue weighted by Crippen LogP contribution is 2.24. The van der Waals surface area contributed by atoms with Gasteiger partial charge in [-0.15, -0.1) is 11.8 Å². The summed E-state index contributed by atoms with van der Waals surface area (Å²) < 4.78 is 2.10. The second kappa shape index (κ2) is 6.78. The summed E-state index contributed by atoms with van der Waals surface area (Å²) in [7, 11) is 0. The molecule has 0 bridgehead atoms. The number of rotatable bonds is 6. The molecule has 102 valence electrons. The molecule has 0 aliphatic carbocycles. The SMILES string of the molecule is CCc1cc(CSc2cccc(CN)c2)n(CC)n1. The van der Waals surface area contributed by atoms with Crippen LogP contribution in [0.2, 0.25) is 0 Å². The molecule has 19 heavy (non-hydrogen) atoms. The van der Waals surface area contributed by atoms with Gasteiger partial charge in [-0.25, -0.2) is 0 Å². The molecule has 0 amide bonds. The molecule has 2 rings (SSSR count). The molecule has 0 aliphatic heterocycles. The van der Waals surface area contributed by atoms with Gasteiger partial charge < -0.3 is 5.73 Å². The largest absolute Gasteiger partial charge is 0.326 e. The Morgan fingerprint density at radius 1 is 1.26 bits per heavy atom.